The van der Waals surface area contributed by atoms with Gasteiger partial charge in [-0.1, -0.05) is 22.0 Å². The first-order valence-corrected chi connectivity index (χ1v) is 5.55. The lowest BCUT2D eigenvalue weighted by molar-refractivity contribution is -0.119. The molecule has 0 saturated heterocycles. The zero-order valence-corrected chi connectivity index (χ0v) is 9.38. The second-order valence-electron chi connectivity index (χ2n) is 3.69. The molecular weight excluding hydrogens is 242 g/mol. The number of carbonyl (C=O) groups is 1. The van der Waals surface area contributed by atoms with Crippen molar-refractivity contribution in [3.05, 3.63) is 33.8 Å². The van der Waals surface area contributed by atoms with Gasteiger partial charge in [0, 0.05) is 4.47 Å². The Bertz CT molecular complexity index is 376. The van der Waals surface area contributed by atoms with Crippen molar-refractivity contribution in [1.29, 1.82) is 0 Å². The molecule has 0 fully saturated rings. The number of carbonyl (C=O) groups excluding carboxylic acids is 1. The van der Waals surface area contributed by atoms with Gasteiger partial charge in [0.1, 0.15) is 0 Å². The second-order valence-corrected chi connectivity index (χ2v) is 4.61. The fourth-order valence-electron chi connectivity index (χ4n) is 2.08. The van der Waals surface area contributed by atoms with Crippen molar-refractivity contribution in [3.63, 3.8) is 0 Å². The molecule has 74 valence electrons. The van der Waals surface area contributed by atoms with Gasteiger partial charge in [0.05, 0.1) is 5.92 Å². The van der Waals surface area contributed by atoms with Crippen LogP contribution < -0.4 is 5.73 Å². The lowest BCUT2D eigenvalue weighted by Gasteiger charge is -2.23. The summed E-state index contributed by atoms with van der Waals surface area (Å²) >= 11 is 3.43. The van der Waals surface area contributed by atoms with Crippen molar-refractivity contribution < 1.29 is 4.79 Å². The van der Waals surface area contributed by atoms with E-state index in [0.717, 1.165) is 29.3 Å². The van der Waals surface area contributed by atoms with Gasteiger partial charge in [-0.2, -0.15) is 0 Å². The average molecular weight is 254 g/mol. The van der Waals surface area contributed by atoms with E-state index in [1.807, 2.05) is 12.1 Å². The quantitative estimate of drug-likeness (QED) is 0.821. The van der Waals surface area contributed by atoms with E-state index in [9.17, 15) is 4.79 Å². The molecule has 1 amide bonds. The monoisotopic (exact) mass is 253 g/mol. The van der Waals surface area contributed by atoms with Gasteiger partial charge < -0.3 is 5.73 Å². The molecular formula is C11H12BrNO. The van der Waals surface area contributed by atoms with Crippen LogP contribution in [0.1, 0.15) is 29.9 Å². The number of fused-ring (bicyclic) bond motifs is 1. The Morgan fingerprint density at radius 2 is 2.29 bits per heavy atom. The van der Waals surface area contributed by atoms with Crippen LogP contribution in [0.2, 0.25) is 0 Å². The largest absolute Gasteiger partial charge is 0.369 e. The molecule has 0 heterocycles. The summed E-state index contributed by atoms with van der Waals surface area (Å²) in [6.07, 6.45) is 3.00. The van der Waals surface area contributed by atoms with Crippen molar-refractivity contribution in [2.45, 2.75) is 25.2 Å². The maximum Gasteiger partial charge on any atom is 0.224 e. The fraction of sp³-hybridized carbons (Fsp3) is 0.364. The van der Waals surface area contributed by atoms with Crippen molar-refractivity contribution in [2.75, 3.05) is 0 Å². The highest BCUT2D eigenvalue weighted by molar-refractivity contribution is 9.10. The van der Waals surface area contributed by atoms with E-state index in [1.54, 1.807) is 0 Å². The van der Waals surface area contributed by atoms with Crippen LogP contribution >= 0.6 is 15.9 Å². The molecule has 0 spiro atoms. The number of amides is 1. The Morgan fingerprint density at radius 3 is 3.00 bits per heavy atom. The molecule has 0 bridgehead atoms. The van der Waals surface area contributed by atoms with Gasteiger partial charge >= 0.3 is 0 Å². The number of rotatable bonds is 1. The number of benzene rings is 1. The molecule has 1 aromatic carbocycles. The Morgan fingerprint density at radius 1 is 1.50 bits per heavy atom. The van der Waals surface area contributed by atoms with E-state index in [1.165, 1.54) is 5.56 Å². The third-order valence-electron chi connectivity index (χ3n) is 2.76. The molecule has 1 atom stereocenters. The first-order valence-electron chi connectivity index (χ1n) is 4.76. The Labute approximate surface area is 91.6 Å². The molecule has 0 aliphatic heterocycles. The van der Waals surface area contributed by atoms with Crippen LogP contribution in [0.3, 0.4) is 0 Å². The Hall–Kier alpha value is -0.830. The lowest BCUT2D eigenvalue weighted by Crippen LogP contribution is -2.24. The zero-order chi connectivity index (χ0) is 10.1. The van der Waals surface area contributed by atoms with Crippen LogP contribution in [-0.4, -0.2) is 5.91 Å². The number of hydrogen-bond donors (Lipinski definition) is 1. The smallest absolute Gasteiger partial charge is 0.224 e. The molecule has 0 saturated carbocycles. The summed E-state index contributed by atoms with van der Waals surface area (Å²) in [7, 11) is 0. The molecule has 2 N–H and O–H groups in total. The highest BCUT2D eigenvalue weighted by Crippen LogP contribution is 2.32. The van der Waals surface area contributed by atoms with Crippen LogP contribution in [0.4, 0.5) is 0 Å². The van der Waals surface area contributed by atoms with E-state index in [4.69, 9.17) is 5.73 Å². The van der Waals surface area contributed by atoms with Crippen LogP contribution in [0.5, 0.6) is 0 Å². The summed E-state index contributed by atoms with van der Waals surface area (Å²) in [6, 6.07) is 6.07. The van der Waals surface area contributed by atoms with Gasteiger partial charge in [-0.15, -0.1) is 0 Å². The van der Waals surface area contributed by atoms with E-state index >= 15 is 0 Å². The highest BCUT2D eigenvalue weighted by Gasteiger charge is 2.24. The van der Waals surface area contributed by atoms with E-state index in [-0.39, 0.29) is 11.8 Å². The lowest BCUT2D eigenvalue weighted by atomic mass is 9.82. The van der Waals surface area contributed by atoms with E-state index in [2.05, 4.69) is 22.0 Å². The molecule has 1 aliphatic rings. The third-order valence-corrected chi connectivity index (χ3v) is 3.26. The minimum Gasteiger partial charge on any atom is -0.369 e. The van der Waals surface area contributed by atoms with E-state index in [0.29, 0.717) is 0 Å². The minimum atomic E-state index is -0.201. The van der Waals surface area contributed by atoms with Crippen LogP contribution in [0.15, 0.2) is 22.7 Å². The molecule has 0 radical (unpaired) electrons. The number of nitrogens with two attached hydrogens (primary N) is 1. The number of aryl methyl sites for hydroxylation is 1. The van der Waals surface area contributed by atoms with E-state index < -0.39 is 0 Å². The maximum atomic E-state index is 11.2. The molecule has 2 nitrogen and oxygen atoms in total. The van der Waals surface area contributed by atoms with Gasteiger partial charge in [-0.05, 0) is 42.5 Å². The standard InChI is InChI=1S/C11H12BrNO/c12-8-4-5-9-7(6-8)2-1-3-10(9)11(13)14/h4-6,10H,1-3H2,(H2,13,14). The molecule has 0 aromatic heterocycles. The number of primary amides is 1. The van der Waals surface area contributed by atoms with Gasteiger partial charge in [0.2, 0.25) is 5.91 Å². The SMILES string of the molecule is NC(=O)C1CCCc2cc(Br)ccc21. The predicted molar refractivity (Wildman–Crippen MR) is 59.0 cm³/mol. The third kappa shape index (κ3) is 1.69. The van der Waals surface area contributed by atoms with Crippen molar-refractivity contribution in [1.82, 2.24) is 0 Å². The molecule has 1 aliphatic carbocycles. The fourth-order valence-corrected chi connectivity index (χ4v) is 2.49. The molecule has 3 heteroatoms. The summed E-state index contributed by atoms with van der Waals surface area (Å²) in [6.45, 7) is 0. The second kappa shape index (κ2) is 3.73. The van der Waals surface area contributed by atoms with Crippen LogP contribution in [0, 0.1) is 0 Å². The summed E-state index contributed by atoms with van der Waals surface area (Å²) in [5.41, 5.74) is 7.75. The molecule has 1 unspecified atom stereocenters. The van der Waals surface area contributed by atoms with Gasteiger partial charge in [0.15, 0.2) is 0 Å². The first kappa shape index (κ1) is 9.71. The zero-order valence-electron chi connectivity index (χ0n) is 7.79. The highest BCUT2D eigenvalue weighted by atomic mass is 79.9. The summed E-state index contributed by atoms with van der Waals surface area (Å²) in [5, 5.41) is 0. The minimum absolute atomic E-state index is 0.0770. The number of halogens is 1. The Balaban J connectivity index is 2.44. The summed E-state index contributed by atoms with van der Waals surface area (Å²) in [4.78, 5) is 11.2. The first-order chi connectivity index (χ1) is 6.68. The van der Waals surface area contributed by atoms with Gasteiger partial charge in [0.25, 0.3) is 0 Å². The summed E-state index contributed by atoms with van der Waals surface area (Å²) in [5.74, 6) is -0.278. The van der Waals surface area contributed by atoms with Crippen molar-refractivity contribution in [3.8, 4) is 0 Å². The molecule has 1 aromatic rings. The topological polar surface area (TPSA) is 43.1 Å². The molecule has 14 heavy (non-hydrogen) atoms. The van der Waals surface area contributed by atoms with Crippen molar-refractivity contribution >= 4 is 21.8 Å². The van der Waals surface area contributed by atoms with Gasteiger partial charge in [-0.25, -0.2) is 0 Å². The maximum absolute atomic E-state index is 11.2. The van der Waals surface area contributed by atoms with Crippen molar-refractivity contribution in [2.24, 2.45) is 5.73 Å². The number of hydrogen-bond acceptors (Lipinski definition) is 1. The van der Waals surface area contributed by atoms with Gasteiger partial charge in [-0.3, -0.25) is 4.79 Å². The average Bonchev–Trinajstić information content (AvgIpc) is 2.16. The predicted octanol–water partition coefficient (Wildman–Crippen LogP) is 2.35. The summed E-state index contributed by atoms with van der Waals surface area (Å²) < 4.78 is 1.07. The van der Waals surface area contributed by atoms with Crippen LogP contribution in [0.25, 0.3) is 0 Å². The molecule has 2 rings (SSSR count). The van der Waals surface area contributed by atoms with Crippen LogP contribution in [-0.2, 0) is 11.2 Å². The Kier molecular flexibility index (Phi) is 2.59. The normalized spacial score (nSPS) is 20.2.